The number of rotatable bonds is 6. The molecule has 4 atom stereocenters. The fourth-order valence-electron chi connectivity index (χ4n) is 3.90. The Kier molecular flexibility index (Phi) is 8.61. The molecule has 182 valence electrons. The molecule has 0 saturated heterocycles. The molecule has 2 aromatic rings. The van der Waals surface area contributed by atoms with E-state index in [0.717, 1.165) is 5.56 Å². The quantitative estimate of drug-likeness (QED) is 0.632. The zero-order chi connectivity index (χ0) is 24.8. The van der Waals surface area contributed by atoms with Gasteiger partial charge in [0.2, 0.25) is 5.88 Å². The summed E-state index contributed by atoms with van der Waals surface area (Å²) in [7, 11) is 1.93. The number of benzene rings is 1. The Labute approximate surface area is 200 Å². The number of amides is 1. The van der Waals surface area contributed by atoms with E-state index in [1.54, 1.807) is 30.9 Å². The van der Waals surface area contributed by atoms with Crippen LogP contribution >= 0.6 is 0 Å². The molecule has 1 aromatic carbocycles. The minimum atomic E-state index is -0.807. The van der Waals surface area contributed by atoms with Gasteiger partial charge < -0.3 is 19.8 Å². The van der Waals surface area contributed by atoms with Crippen LogP contribution in [-0.4, -0.2) is 75.9 Å². The van der Waals surface area contributed by atoms with Gasteiger partial charge in [0.25, 0.3) is 5.91 Å². The van der Waals surface area contributed by atoms with Crippen LogP contribution in [0.4, 0.5) is 4.39 Å². The third-order valence-corrected chi connectivity index (χ3v) is 5.78. The molecule has 0 spiro atoms. The van der Waals surface area contributed by atoms with Crippen LogP contribution < -0.4 is 4.74 Å². The third-order valence-electron chi connectivity index (χ3n) is 5.78. The lowest BCUT2D eigenvalue weighted by molar-refractivity contribution is 0.0325. The van der Waals surface area contributed by atoms with Gasteiger partial charge in [0.05, 0.1) is 12.6 Å². The maximum Gasteiger partial charge on any atom is 0.259 e. The maximum atomic E-state index is 13.6. The highest BCUT2D eigenvalue weighted by atomic mass is 19.1. The van der Waals surface area contributed by atoms with Crippen molar-refractivity contribution >= 4 is 5.91 Å². The van der Waals surface area contributed by atoms with Gasteiger partial charge in [0.15, 0.2) is 0 Å². The van der Waals surface area contributed by atoms with E-state index in [1.807, 2.05) is 24.9 Å². The fraction of sp³-hybridized carbons (Fsp3) is 0.462. The number of fused-ring (bicyclic) bond motifs is 1. The lowest BCUT2D eigenvalue weighted by Gasteiger charge is -2.37. The second-order valence-corrected chi connectivity index (χ2v) is 8.97. The summed E-state index contributed by atoms with van der Waals surface area (Å²) in [4.78, 5) is 21.4. The molecule has 1 aliphatic heterocycles. The van der Waals surface area contributed by atoms with Crippen LogP contribution in [0.3, 0.4) is 0 Å². The van der Waals surface area contributed by atoms with Gasteiger partial charge in [-0.2, -0.15) is 0 Å². The summed E-state index contributed by atoms with van der Waals surface area (Å²) in [5.41, 5.74) is 1.61. The topological polar surface area (TPSA) is 86.1 Å². The first-order valence-corrected chi connectivity index (χ1v) is 11.4. The monoisotopic (exact) mass is 469 g/mol. The van der Waals surface area contributed by atoms with Crippen molar-refractivity contribution in [2.45, 2.75) is 45.6 Å². The average Bonchev–Trinajstić information content (AvgIpc) is 2.79. The Morgan fingerprint density at radius 2 is 2.12 bits per heavy atom. The van der Waals surface area contributed by atoms with E-state index in [1.165, 1.54) is 18.3 Å². The van der Waals surface area contributed by atoms with Crippen molar-refractivity contribution in [3.8, 4) is 17.7 Å². The molecule has 2 heterocycles. The first-order chi connectivity index (χ1) is 16.2. The van der Waals surface area contributed by atoms with Crippen molar-refractivity contribution in [2.75, 3.05) is 26.7 Å². The van der Waals surface area contributed by atoms with E-state index in [2.05, 4.69) is 16.8 Å². The number of halogens is 1. The number of pyridine rings is 1. The van der Waals surface area contributed by atoms with Crippen LogP contribution in [0.5, 0.6) is 5.88 Å². The molecule has 2 N–H and O–H groups in total. The highest BCUT2D eigenvalue weighted by molar-refractivity contribution is 5.97. The van der Waals surface area contributed by atoms with Gasteiger partial charge >= 0.3 is 0 Å². The van der Waals surface area contributed by atoms with E-state index in [-0.39, 0.29) is 41.8 Å². The number of ether oxygens (including phenoxy) is 1. The van der Waals surface area contributed by atoms with Crippen LogP contribution in [-0.2, 0) is 6.54 Å². The second kappa shape index (κ2) is 11.4. The highest BCUT2D eigenvalue weighted by Crippen LogP contribution is 2.27. The smallest absolute Gasteiger partial charge is 0.259 e. The van der Waals surface area contributed by atoms with Crippen molar-refractivity contribution in [1.29, 1.82) is 0 Å². The summed E-state index contributed by atoms with van der Waals surface area (Å²) >= 11 is 0. The average molecular weight is 470 g/mol. The van der Waals surface area contributed by atoms with Crippen LogP contribution in [0, 0.1) is 23.6 Å². The SMILES string of the molecule is C[C@H](O)C#Cc1cnc2c(c1)C(=O)N([C@@H](C)CO)C[C@H](C)[C@@H](CN(C)Cc1cccc(F)c1)O2. The Bertz CT molecular complexity index is 1070. The first-order valence-electron chi connectivity index (χ1n) is 11.4. The predicted molar refractivity (Wildman–Crippen MR) is 127 cm³/mol. The third kappa shape index (κ3) is 6.54. The van der Waals surface area contributed by atoms with E-state index in [9.17, 15) is 19.4 Å². The molecular formula is C26H32FN3O4. The molecule has 0 bridgehead atoms. The second-order valence-electron chi connectivity index (χ2n) is 8.97. The molecule has 7 nitrogen and oxygen atoms in total. The van der Waals surface area contributed by atoms with Crippen LogP contribution in [0.1, 0.15) is 42.3 Å². The fourth-order valence-corrected chi connectivity index (χ4v) is 3.90. The number of carbonyl (C=O) groups excluding carboxylic acids is 1. The van der Waals surface area contributed by atoms with Crippen LogP contribution in [0.2, 0.25) is 0 Å². The molecule has 0 unspecified atom stereocenters. The standard InChI is InChI=1S/C26H32FN3O4/c1-17-13-30(18(2)16-31)26(33)23-11-20(9-8-19(3)32)12-28-25(23)34-24(17)15-29(4)14-21-6-5-7-22(27)10-21/h5-7,10-12,17-19,24,31-32H,13-16H2,1-4H3/t17-,18-,19-,24+/m0/s1. The van der Waals surface area contributed by atoms with Gasteiger partial charge in [-0.25, -0.2) is 9.37 Å². The predicted octanol–water partition coefficient (Wildman–Crippen LogP) is 2.31. The van der Waals surface area contributed by atoms with Gasteiger partial charge in [-0.15, -0.1) is 0 Å². The van der Waals surface area contributed by atoms with Crippen molar-refractivity contribution in [2.24, 2.45) is 5.92 Å². The van der Waals surface area contributed by atoms with Gasteiger partial charge in [0.1, 0.15) is 23.6 Å². The lowest BCUT2D eigenvalue weighted by Crippen LogP contribution is -2.49. The van der Waals surface area contributed by atoms with Crippen molar-refractivity contribution in [3.63, 3.8) is 0 Å². The number of aromatic nitrogens is 1. The summed E-state index contributed by atoms with van der Waals surface area (Å²) in [6.45, 7) is 6.63. The van der Waals surface area contributed by atoms with Crippen LogP contribution in [0.15, 0.2) is 36.5 Å². The normalized spacial score (nSPS) is 19.9. The molecule has 0 aliphatic carbocycles. The molecule has 3 rings (SSSR count). The summed E-state index contributed by atoms with van der Waals surface area (Å²) in [6.07, 6.45) is 0.403. The Balaban J connectivity index is 1.90. The van der Waals surface area contributed by atoms with Crippen molar-refractivity contribution in [1.82, 2.24) is 14.8 Å². The van der Waals surface area contributed by atoms with E-state index in [4.69, 9.17) is 4.74 Å². The molecule has 0 saturated carbocycles. The van der Waals surface area contributed by atoms with E-state index in [0.29, 0.717) is 25.2 Å². The van der Waals surface area contributed by atoms with Crippen molar-refractivity contribution < 1.29 is 24.1 Å². The van der Waals surface area contributed by atoms with Gasteiger partial charge in [-0.05, 0) is 44.7 Å². The minimum Gasteiger partial charge on any atom is -0.472 e. The molecule has 1 aliphatic rings. The molecule has 1 amide bonds. The number of carbonyl (C=O) groups is 1. The number of aliphatic hydroxyl groups excluding tert-OH is 2. The molecular weight excluding hydrogens is 437 g/mol. The Morgan fingerprint density at radius 1 is 1.35 bits per heavy atom. The van der Waals surface area contributed by atoms with Crippen LogP contribution in [0.25, 0.3) is 0 Å². The zero-order valence-corrected chi connectivity index (χ0v) is 20.0. The summed E-state index contributed by atoms with van der Waals surface area (Å²) < 4.78 is 19.8. The molecule has 1 aromatic heterocycles. The molecule has 34 heavy (non-hydrogen) atoms. The molecule has 0 radical (unpaired) electrons. The van der Waals surface area contributed by atoms with E-state index < -0.39 is 12.1 Å². The van der Waals surface area contributed by atoms with Gasteiger partial charge in [0, 0.05) is 37.3 Å². The van der Waals surface area contributed by atoms with E-state index >= 15 is 0 Å². The number of hydrogen-bond donors (Lipinski definition) is 2. The zero-order valence-electron chi connectivity index (χ0n) is 20.0. The van der Waals surface area contributed by atoms with Gasteiger partial charge in [-0.1, -0.05) is 30.9 Å². The number of nitrogens with zero attached hydrogens (tertiary/aromatic N) is 3. The summed E-state index contributed by atoms with van der Waals surface area (Å²) in [6, 6.07) is 7.71. The number of aliphatic hydroxyl groups is 2. The van der Waals surface area contributed by atoms with Crippen molar-refractivity contribution in [3.05, 3.63) is 59.0 Å². The maximum absolute atomic E-state index is 13.6. The summed E-state index contributed by atoms with van der Waals surface area (Å²) in [5.74, 6) is 5.05. The lowest BCUT2D eigenvalue weighted by atomic mass is 9.99. The Morgan fingerprint density at radius 3 is 2.79 bits per heavy atom. The first kappa shape index (κ1) is 25.6. The van der Waals surface area contributed by atoms with Gasteiger partial charge in [-0.3, -0.25) is 9.69 Å². The Hall–Kier alpha value is -2.99. The molecule has 0 fully saturated rings. The number of likely N-dealkylation sites (N-methyl/N-ethyl adjacent to an activating group) is 1. The summed E-state index contributed by atoms with van der Waals surface area (Å²) in [5, 5.41) is 19.2. The largest absolute Gasteiger partial charge is 0.472 e. The molecule has 8 heteroatoms. The minimum absolute atomic E-state index is 0.0578. The number of hydrogen-bond acceptors (Lipinski definition) is 6. The highest BCUT2D eigenvalue weighted by Gasteiger charge is 2.34.